The van der Waals surface area contributed by atoms with Crippen LogP contribution in [0.1, 0.15) is 40.5 Å². The normalized spacial score (nSPS) is 30.6. The van der Waals surface area contributed by atoms with E-state index >= 15 is 0 Å². The minimum Gasteiger partial charge on any atom is -0.342 e. The predicted octanol–water partition coefficient (Wildman–Crippen LogP) is 3.30. The van der Waals surface area contributed by atoms with Gasteiger partial charge in [0.05, 0.1) is 0 Å². The zero-order valence-electron chi connectivity index (χ0n) is 11.4. The molecule has 98 valence electrons. The minimum atomic E-state index is 0.178. The lowest BCUT2D eigenvalue weighted by Crippen LogP contribution is -2.32. The third-order valence-electron chi connectivity index (χ3n) is 5.38. The predicted molar refractivity (Wildman–Crippen MR) is 74.2 cm³/mol. The number of carbonyl (C=O) groups excluding carboxylic acids is 1. The van der Waals surface area contributed by atoms with E-state index in [0.29, 0.717) is 11.8 Å². The summed E-state index contributed by atoms with van der Waals surface area (Å²) in [6.45, 7) is 10.8. The van der Waals surface area contributed by atoms with E-state index < -0.39 is 0 Å². The first-order chi connectivity index (χ1) is 7.82. The van der Waals surface area contributed by atoms with Crippen molar-refractivity contribution in [3.8, 4) is 0 Å². The van der Waals surface area contributed by atoms with Crippen LogP contribution in [0.4, 0.5) is 0 Å². The molecule has 1 atom stereocenters. The summed E-state index contributed by atoms with van der Waals surface area (Å²) in [6, 6.07) is 0. The van der Waals surface area contributed by atoms with E-state index in [1.54, 1.807) is 0 Å². The summed E-state index contributed by atoms with van der Waals surface area (Å²) in [4.78, 5) is 14.6. The van der Waals surface area contributed by atoms with Crippen LogP contribution >= 0.6 is 15.9 Å². The summed E-state index contributed by atoms with van der Waals surface area (Å²) in [6.07, 6.45) is 2.38. The Bertz CT molecular complexity index is 310. The van der Waals surface area contributed by atoms with Crippen molar-refractivity contribution in [2.24, 2.45) is 22.7 Å². The lowest BCUT2D eigenvalue weighted by Gasteiger charge is -2.17. The molecule has 0 spiro atoms. The molecule has 0 N–H and O–H groups in total. The number of halogens is 1. The molecule has 0 bridgehead atoms. The lowest BCUT2D eigenvalue weighted by molar-refractivity contribution is -0.132. The highest BCUT2D eigenvalue weighted by molar-refractivity contribution is 9.09. The zero-order valence-corrected chi connectivity index (χ0v) is 13.0. The van der Waals surface area contributed by atoms with Gasteiger partial charge in [-0.2, -0.15) is 0 Å². The summed E-state index contributed by atoms with van der Waals surface area (Å²) in [7, 11) is 0. The molecule has 0 radical (unpaired) electrons. The first-order valence-electron chi connectivity index (χ1n) is 6.67. The second-order valence-corrected chi connectivity index (χ2v) is 7.59. The Labute approximate surface area is 113 Å². The highest BCUT2D eigenvalue weighted by atomic mass is 79.9. The molecule has 1 heterocycles. The summed E-state index contributed by atoms with van der Waals surface area (Å²) >= 11 is 3.49. The van der Waals surface area contributed by atoms with Crippen molar-refractivity contribution in [2.75, 3.05) is 18.4 Å². The molecule has 2 nitrogen and oxygen atoms in total. The van der Waals surface area contributed by atoms with Gasteiger partial charge in [-0.3, -0.25) is 4.79 Å². The molecular weight excluding hydrogens is 278 g/mol. The van der Waals surface area contributed by atoms with Crippen molar-refractivity contribution in [1.82, 2.24) is 4.90 Å². The van der Waals surface area contributed by atoms with Gasteiger partial charge < -0.3 is 4.90 Å². The Kier molecular flexibility index (Phi) is 3.35. The Balaban J connectivity index is 1.95. The number of alkyl halides is 1. The van der Waals surface area contributed by atoms with Crippen LogP contribution in [-0.2, 0) is 4.79 Å². The van der Waals surface area contributed by atoms with Gasteiger partial charge in [-0.05, 0) is 29.6 Å². The number of amides is 1. The van der Waals surface area contributed by atoms with Crippen molar-refractivity contribution in [3.05, 3.63) is 0 Å². The number of rotatable bonds is 3. The highest BCUT2D eigenvalue weighted by Gasteiger charge is 2.68. The number of hydrogen-bond acceptors (Lipinski definition) is 1. The zero-order chi connectivity index (χ0) is 12.8. The van der Waals surface area contributed by atoms with Crippen LogP contribution in [-0.4, -0.2) is 29.2 Å². The van der Waals surface area contributed by atoms with E-state index in [0.717, 1.165) is 18.4 Å². The first-order valence-corrected chi connectivity index (χ1v) is 7.79. The fourth-order valence-electron chi connectivity index (χ4n) is 3.42. The summed E-state index contributed by atoms with van der Waals surface area (Å²) in [5.74, 6) is 1.35. The van der Waals surface area contributed by atoms with Gasteiger partial charge >= 0.3 is 0 Å². The number of likely N-dealkylation sites (tertiary alicyclic amines) is 1. The number of carbonyl (C=O) groups is 1. The Hall–Kier alpha value is -0.0500. The van der Waals surface area contributed by atoms with E-state index in [-0.39, 0.29) is 16.7 Å². The molecule has 3 heteroatoms. The third-order valence-corrected chi connectivity index (χ3v) is 5.84. The van der Waals surface area contributed by atoms with Gasteiger partial charge in [0.15, 0.2) is 0 Å². The standard InChI is InChI=1S/C14H24BrNO/c1-13(2)11(14(13,3)4)12(17)16-8-6-10(9-16)5-7-15/h10-11H,5-9H2,1-4H3. The van der Waals surface area contributed by atoms with Gasteiger partial charge in [0, 0.05) is 24.3 Å². The molecule has 2 rings (SSSR count). The van der Waals surface area contributed by atoms with Gasteiger partial charge in [-0.1, -0.05) is 43.6 Å². The number of nitrogens with zero attached hydrogens (tertiary/aromatic N) is 1. The Morgan fingerprint density at radius 1 is 1.29 bits per heavy atom. The average Bonchev–Trinajstić information content (AvgIpc) is 2.59. The molecule has 2 fully saturated rings. The Morgan fingerprint density at radius 2 is 1.88 bits per heavy atom. The SMILES string of the molecule is CC1(C)C(C(=O)N2CCC(CCBr)C2)C1(C)C. The van der Waals surface area contributed by atoms with Crippen LogP contribution in [0.15, 0.2) is 0 Å². The van der Waals surface area contributed by atoms with E-state index in [1.807, 2.05) is 0 Å². The van der Waals surface area contributed by atoms with Gasteiger partial charge in [-0.25, -0.2) is 0 Å². The van der Waals surface area contributed by atoms with Gasteiger partial charge in [0.1, 0.15) is 0 Å². The maximum absolute atomic E-state index is 12.5. The largest absolute Gasteiger partial charge is 0.342 e. The van der Waals surface area contributed by atoms with Crippen molar-refractivity contribution in [3.63, 3.8) is 0 Å². The fourth-order valence-corrected chi connectivity index (χ4v) is 4.07. The van der Waals surface area contributed by atoms with Gasteiger partial charge in [0.2, 0.25) is 5.91 Å². The van der Waals surface area contributed by atoms with Crippen molar-refractivity contribution in [1.29, 1.82) is 0 Å². The van der Waals surface area contributed by atoms with Crippen molar-refractivity contribution in [2.45, 2.75) is 40.5 Å². The quantitative estimate of drug-likeness (QED) is 0.733. The molecule has 1 amide bonds. The molecule has 1 aliphatic carbocycles. The fraction of sp³-hybridized carbons (Fsp3) is 0.929. The summed E-state index contributed by atoms with van der Waals surface area (Å²) in [5.41, 5.74) is 0.356. The van der Waals surface area contributed by atoms with Crippen LogP contribution in [0.5, 0.6) is 0 Å². The van der Waals surface area contributed by atoms with Crippen LogP contribution in [0.25, 0.3) is 0 Å². The second kappa shape index (κ2) is 4.25. The van der Waals surface area contributed by atoms with Gasteiger partial charge in [0.25, 0.3) is 0 Å². The van der Waals surface area contributed by atoms with Crippen LogP contribution in [0, 0.1) is 22.7 Å². The first kappa shape index (κ1) is 13.4. The lowest BCUT2D eigenvalue weighted by atomic mass is 10.0. The molecular formula is C14H24BrNO. The molecule has 1 saturated heterocycles. The van der Waals surface area contributed by atoms with Crippen LogP contribution in [0.3, 0.4) is 0 Å². The monoisotopic (exact) mass is 301 g/mol. The van der Waals surface area contributed by atoms with E-state index in [4.69, 9.17) is 0 Å². The van der Waals surface area contributed by atoms with Gasteiger partial charge in [-0.15, -0.1) is 0 Å². The van der Waals surface area contributed by atoms with E-state index in [2.05, 4.69) is 48.5 Å². The topological polar surface area (TPSA) is 20.3 Å². The Morgan fingerprint density at radius 3 is 2.35 bits per heavy atom. The molecule has 0 aromatic heterocycles. The number of hydrogen-bond donors (Lipinski definition) is 0. The molecule has 2 aliphatic rings. The maximum Gasteiger partial charge on any atom is 0.226 e. The molecule has 0 aromatic rings. The van der Waals surface area contributed by atoms with E-state index in [9.17, 15) is 4.79 Å². The van der Waals surface area contributed by atoms with Crippen molar-refractivity contribution < 1.29 is 4.79 Å². The summed E-state index contributed by atoms with van der Waals surface area (Å²) in [5, 5.41) is 1.06. The molecule has 0 aromatic carbocycles. The van der Waals surface area contributed by atoms with Crippen LogP contribution < -0.4 is 0 Å². The van der Waals surface area contributed by atoms with E-state index in [1.165, 1.54) is 12.8 Å². The molecule has 1 aliphatic heterocycles. The minimum absolute atomic E-state index is 0.178. The summed E-state index contributed by atoms with van der Waals surface area (Å²) < 4.78 is 0. The second-order valence-electron chi connectivity index (χ2n) is 6.79. The third kappa shape index (κ3) is 2.05. The molecule has 1 saturated carbocycles. The maximum atomic E-state index is 12.5. The van der Waals surface area contributed by atoms with Crippen LogP contribution in [0.2, 0.25) is 0 Å². The molecule has 1 unspecified atom stereocenters. The highest BCUT2D eigenvalue weighted by Crippen LogP contribution is 2.68. The van der Waals surface area contributed by atoms with Crippen molar-refractivity contribution >= 4 is 21.8 Å². The average molecular weight is 302 g/mol. The molecule has 17 heavy (non-hydrogen) atoms. The smallest absolute Gasteiger partial charge is 0.226 e.